The van der Waals surface area contributed by atoms with Crippen molar-refractivity contribution >= 4 is 39.1 Å². The number of nitrogens with zero attached hydrogens (tertiary/aromatic N) is 2. The van der Waals surface area contributed by atoms with Crippen molar-refractivity contribution in [3.8, 4) is 0 Å². The fourth-order valence-corrected chi connectivity index (χ4v) is 19.2. The van der Waals surface area contributed by atoms with Crippen molar-refractivity contribution in [1.82, 2.24) is 9.13 Å². The molecule has 2 heterocycles. The van der Waals surface area contributed by atoms with E-state index in [1.807, 2.05) is 36.4 Å². The Morgan fingerprint density at radius 2 is 1.33 bits per heavy atom. The molecular formula is C21H28N2O2Si2. The lowest BCUT2D eigenvalue weighted by molar-refractivity contribution is 0.0608. The summed E-state index contributed by atoms with van der Waals surface area (Å²) in [6.45, 7) is 11.4. The van der Waals surface area contributed by atoms with Gasteiger partial charge in [0.2, 0.25) is 0 Å². The molecule has 0 radical (unpaired) electrons. The van der Waals surface area contributed by atoms with Crippen LogP contribution in [-0.4, -0.2) is 50.5 Å². The highest BCUT2D eigenvalue weighted by molar-refractivity contribution is 6.95. The van der Waals surface area contributed by atoms with Gasteiger partial charge in [-0.1, -0.05) is 50.5 Å². The van der Waals surface area contributed by atoms with Crippen molar-refractivity contribution in [2.75, 3.05) is 13.1 Å². The fourth-order valence-electron chi connectivity index (χ4n) is 4.98. The number of benzene rings is 2. The summed E-state index contributed by atoms with van der Waals surface area (Å²) in [5.41, 5.74) is 1.32. The van der Waals surface area contributed by atoms with Crippen LogP contribution in [0.3, 0.4) is 0 Å². The quantitative estimate of drug-likeness (QED) is 0.562. The SMILES string of the molecule is C[Si]1(C)CC[Si](C)(C)N1CCCN1C(=O)c2cccc3cccc(c23)C1=O. The van der Waals surface area contributed by atoms with Crippen molar-refractivity contribution in [3.63, 3.8) is 0 Å². The van der Waals surface area contributed by atoms with Gasteiger partial charge in [0.1, 0.15) is 16.5 Å². The average molecular weight is 397 g/mol. The normalized spacial score (nSPS) is 21.3. The van der Waals surface area contributed by atoms with Gasteiger partial charge in [-0.05, 0) is 42.6 Å². The number of hydrogen-bond acceptors (Lipinski definition) is 3. The molecule has 0 atom stereocenters. The minimum absolute atomic E-state index is 0.140. The van der Waals surface area contributed by atoms with E-state index in [4.69, 9.17) is 0 Å². The second-order valence-electron chi connectivity index (χ2n) is 9.10. The molecule has 0 unspecified atom stereocenters. The monoisotopic (exact) mass is 396 g/mol. The second kappa shape index (κ2) is 6.39. The van der Waals surface area contributed by atoms with Crippen molar-refractivity contribution in [2.24, 2.45) is 0 Å². The number of carbonyl (C=O) groups excluding carboxylic acids is 2. The Hall–Kier alpha value is -1.77. The zero-order valence-corrected chi connectivity index (χ0v) is 18.7. The van der Waals surface area contributed by atoms with Gasteiger partial charge in [0.15, 0.2) is 0 Å². The lowest BCUT2D eigenvalue weighted by atomic mass is 9.94. The first kappa shape index (κ1) is 18.6. The maximum absolute atomic E-state index is 13.0. The summed E-state index contributed by atoms with van der Waals surface area (Å²) in [4.78, 5) is 27.5. The summed E-state index contributed by atoms with van der Waals surface area (Å²) in [5.74, 6) is -0.280. The molecular weight excluding hydrogens is 368 g/mol. The maximum atomic E-state index is 13.0. The van der Waals surface area contributed by atoms with Crippen LogP contribution in [0.1, 0.15) is 27.1 Å². The van der Waals surface area contributed by atoms with E-state index >= 15 is 0 Å². The van der Waals surface area contributed by atoms with Crippen LogP contribution >= 0.6 is 0 Å². The maximum Gasteiger partial charge on any atom is 0.261 e. The smallest absolute Gasteiger partial charge is 0.261 e. The van der Waals surface area contributed by atoms with Gasteiger partial charge < -0.3 is 4.23 Å². The second-order valence-corrected chi connectivity index (χ2v) is 18.9. The largest absolute Gasteiger partial charge is 0.345 e. The molecule has 0 aromatic heterocycles. The Morgan fingerprint density at radius 1 is 0.815 bits per heavy atom. The van der Waals surface area contributed by atoms with Crippen molar-refractivity contribution < 1.29 is 9.59 Å². The van der Waals surface area contributed by atoms with E-state index in [9.17, 15) is 9.59 Å². The minimum atomic E-state index is -1.32. The average Bonchev–Trinajstić information content (AvgIpc) is 2.84. The van der Waals surface area contributed by atoms with E-state index in [-0.39, 0.29) is 11.8 Å². The summed E-state index contributed by atoms with van der Waals surface area (Å²) in [6, 6.07) is 14.2. The lowest BCUT2D eigenvalue weighted by Gasteiger charge is -2.39. The van der Waals surface area contributed by atoms with Crippen LogP contribution in [0.5, 0.6) is 0 Å². The van der Waals surface area contributed by atoms with E-state index in [2.05, 4.69) is 30.4 Å². The van der Waals surface area contributed by atoms with Gasteiger partial charge in [-0.25, -0.2) is 0 Å². The first-order valence-corrected chi connectivity index (χ1v) is 16.2. The molecule has 2 aliphatic rings. The van der Waals surface area contributed by atoms with Gasteiger partial charge in [0.05, 0.1) is 0 Å². The van der Waals surface area contributed by atoms with Crippen LogP contribution in [0, 0.1) is 0 Å². The van der Waals surface area contributed by atoms with Crippen LogP contribution in [0.2, 0.25) is 38.3 Å². The van der Waals surface area contributed by atoms with Gasteiger partial charge in [0.25, 0.3) is 11.8 Å². The molecule has 142 valence electrons. The molecule has 27 heavy (non-hydrogen) atoms. The van der Waals surface area contributed by atoms with Crippen LogP contribution < -0.4 is 0 Å². The Balaban J connectivity index is 1.54. The van der Waals surface area contributed by atoms with Crippen molar-refractivity contribution in [3.05, 3.63) is 47.5 Å². The van der Waals surface area contributed by atoms with Crippen molar-refractivity contribution in [2.45, 2.75) is 44.7 Å². The number of imide groups is 1. The predicted molar refractivity (Wildman–Crippen MR) is 115 cm³/mol. The molecule has 2 aromatic rings. The Labute approximate surface area is 163 Å². The zero-order valence-electron chi connectivity index (χ0n) is 16.7. The highest BCUT2D eigenvalue weighted by atomic mass is 28.4. The molecule has 4 rings (SSSR count). The molecule has 0 saturated carbocycles. The molecule has 4 nitrogen and oxygen atoms in total. The van der Waals surface area contributed by atoms with Crippen LogP contribution in [0.4, 0.5) is 0 Å². The van der Waals surface area contributed by atoms with E-state index < -0.39 is 16.5 Å². The third-order valence-corrected chi connectivity index (χ3v) is 16.9. The molecule has 6 heteroatoms. The number of rotatable bonds is 4. The van der Waals surface area contributed by atoms with E-state index in [1.165, 1.54) is 17.0 Å². The summed E-state index contributed by atoms with van der Waals surface area (Å²) in [6.07, 6.45) is 0.864. The third-order valence-electron chi connectivity index (χ3n) is 6.43. The molecule has 2 aromatic carbocycles. The molecule has 0 N–H and O–H groups in total. The number of carbonyl (C=O) groups is 2. The molecule has 0 aliphatic carbocycles. The molecule has 1 saturated heterocycles. The standard InChI is InChI=1S/C21H28N2O2Si2/c1-26(2)14-15-27(3,4)23(26)13-7-12-22-20(24)17-10-5-8-16-9-6-11-18(19(16)17)21(22)25/h5-6,8-11H,7,12-15H2,1-4H3. The first-order valence-electron chi connectivity index (χ1n) is 9.88. The van der Waals surface area contributed by atoms with Crippen molar-refractivity contribution in [1.29, 1.82) is 0 Å². The Bertz CT molecular complexity index is 872. The highest BCUT2D eigenvalue weighted by Crippen LogP contribution is 2.37. The van der Waals surface area contributed by atoms with Gasteiger partial charge in [-0.15, -0.1) is 0 Å². The summed E-state index contributed by atoms with van der Waals surface area (Å²) < 4.78 is 2.81. The fraction of sp³-hybridized carbons (Fsp3) is 0.429. The highest BCUT2D eigenvalue weighted by Gasteiger charge is 2.46. The summed E-state index contributed by atoms with van der Waals surface area (Å²) in [5, 5.41) is 1.77. The number of hydrogen-bond donors (Lipinski definition) is 0. The Morgan fingerprint density at radius 3 is 1.85 bits per heavy atom. The molecule has 0 bridgehead atoms. The Kier molecular flexibility index (Phi) is 4.40. The molecule has 1 fully saturated rings. The molecule has 0 spiro atoms. The predicted octanol–water partition coefficient (Wildman–Crippen LogP) is 4.55. The van der Waals surface area contributed by atoms with E-state index in [1.54, 1.807) is 0 Å². The van der Waals surface area contributed by atoms with E-state index in [0.717, 1.165) is 23.7 Å². The lowest BCUT2D eigenvalue weighted by Crippen LogP contribution is -2.55. The minimum Gasteiger partial charge on any atom is -0.345 e. The topological polar surface area (TPSA) is 40.6 Å². The van der Waals surface area contributed by atoms with Crippen LogP contribution in [0.25, 0.3) is 10.8 Å². The first-order chi connectivity index (χ1) is 12.7. The van der Waals surface area contributed by atoms with Gasteiger partial charge in [-0.2, -0.15) is 0 Å². The van der Waals surface area contributed by atoms with Crippen LogP contribution in [0.15, 0.2) is 36.4 Å². The number of amides is 2. The summed E-state index contributed by atoms with van der Waals surface area (Å²) >= 11 is 0. The van der Waals surface area contributed by atoms with Crippen LogP contribution in [-0.2, 0) is 0 Å². The van der Waals surface area contributed by atoms with Gasteiger partial charge in [0, 0.05) is 23.1 Å². The summed E-state index contributed by atoms with van der Waals surface area (Å²) in [7, 11) is -2.63. The zero-order chi connectivity index (χ0) is 19.4. The van der Waals surface area contributed by atoms with Gasteiger partial charge in [-0.3, -0.25) is 14.5 Å². The van der Waals surface area contributed by atoms with Gasteiger partial charge >= 0.3 is 0 Å². The third kappa shape index (κ3) is 3.00. The molecule has 2 aliphatic heterocycles. The van der Waals surface area contributed by atoms with E-state index in [0.29, 0.717) is 17.7 Å². The molecule has 2 amide bonds.